The van der Waals surface area contributed by atoms with Crippen molar-refractivity contribution >= 4 is 16.5 Å². The topological polar surface area (TPSA) is 66.5 Å². The summed E-state index contributed by atoms with van der Waals surface area (Å²) in [7, 11) is 1.61. The number of hydrogen-bond acceptors (Lipinski definition) is 4. The molecule has 0 bridgehead atoms. The summed E-state index contributed by atoms with van der Waals surface area (Å²) < 4.78 is 12.6. The lowest BCUT2D eigenvalue weighted by atomic mass is 10.1. The Bertz CT molecular complexity index is 932. The van der Waals surface area contributed by atoms with Gasteiger partial charge in [-0.1, -0.05) is 0 Å². The van der Waals surface area contributed by atoms with Gasteiger partial charge in [-0.3, -0.25) is 4.79 Å². The number of anilines is 1. The Labute approximate surface area is 140 Å². The molecule has 0 atom stereocenters. The van der Waals surface area contributed by atoms with E-state index >= 15 is 0 Å². The molecule has 5 heteroatoms. The van der Waals surface area contributed by atoms with Crippen molar-refractivity contribution in [1.82, 2.24) is 4.57 Å². The van der Waals surface area contributed by atoms with E-state index in [0.29, 0.717) is 18.5 Å². The summed E-state index contributed by atoms with van der Waals surface area (Å²) in [6.45, 7) is 2.82. The van der Waals surface area contributed by atoms with Crippen molar-refractivity contribution in [2.75, 3.05) is 19.5 Å². The highest BCUT2D eigenvalue weighted by Crippen LogP contribution is 2.19. The van der Waals surface area contributed by atoms with Crippen molar-refractivity contribution in [2.45, 2.75) is 13.5 Å². The molecular weight excluding hydrogens is 304 g/mol. The molecule has 0 aliphatic carbocycles. The maximum Gasteiger partial charge on any atom is 0.258 e. The number of aromatic nitrogens is 1. The van der Waals surface area contributed by atoms with E-state index in [9.17, 15) is 4.79 Å². The third-order valence-electron chi connectivity index (χ3n) is 4.03. The van der Waals surface area contributed by atoms with E-state index in [2.05, 4.69) is 0 Å². The quantitative estimate of drug-likeness (QED) is 0.733. The summed E-state index contributed by atoms with van der Waals surface area (Å²) in [5.74, 6) is 1.49. The summed E-state index contributed by atoms with van der Waals surface area (Å²) in [6.07, 6.45) is 1.78. The first-order valence-corrected chi connectivity index (χ1v) is 7.74. The molecule has 0 saturated carbocycles. The van der Waals surface area contributed by atoms with Crippen LogP contribution in [0.1, 0.15) is 5.56 Å². The fourth-order valence-electron chi connectivity index (χ4n) is 2.57. The van der Waals surface area contributed by atoms with Crippen LogP contribution in [0.25, 0.3) is 10.8 Å². The minimum absolute atomic E-state index is 0.0350. The SMILES string of the molecule is COc1ccc2c(=O)n(CCOc3ccc(N)c(C)c3)ccc2c1. The van der Waals surface area contributed by atoms with Crippen LogP contribution < -0.4 is 20.8 Å². The molecule has 3 rings (SSSR count). The van der Waals surface area contributed by atoms with Crippen LogP contribution in [0.4, 0.5) is 5.69 Å². The normalized spacial score (nSPS) is 10.8. The number of ether oxygens (including phenoxy) is 2. The van der Waals surface area contributed by atoms with Crippen LogP contribution in [-0.4, -0.2) is 18.3 Å². The van der Waals surface area contributed by atoms with E-state index in [4.69, 9.17) is 15.2 Å². The molecule has 124 valence electrons. The molecule has 2 aromatic carbocycles. The molecule has 1 aromatic heterocycles. The van der Waals surface area contributed by atoms with Gasteiger partial charge in [0.1, 0.15) is 18.1 Å². The molecule has 0 fully saturated rings. The predicted octanol–water partition coefficient (Wildman–Crippen LogP) is 2.98. The molecular formula is C19H20N2O3. The Kier molecular flexibility index (Phi) is 4.42. The second-order valence-electron chi connectivity index (χ2n) is 5.63. The van der Waals surface area contributed by atoms with Gasteiger partial charge in [-0.15, -0.1) is 0 Å². The first-order chi connectivity index (χ1) is 11.6. The number of pyridine rings is 1. The largest absolute Gasteiger partial charge is 0.497 e. The number of fused-ring (bicyclic) bond motifs is 1. The number of nitrogens with two attached hydrogens (primary N) is 1. The van der Waals surface area contributed by atoms with Crippen LogP contribution in [0.15, 0.2) is 53.5 Å². The average molecular weight is 324 g/mol. The number of aryl methyl sites for hydroxylation is 1. The number of nitrogen functional groups attached to an aromatic ring is 1. The van der Waals surface area contributed by atoms with Gasteiger partial charge in [0.15, 0.2) is 0 Å². The minimum Gasteiger partial charge on any atom is -0.497 e. The smallest absolute Gasteiger partial charge is 0.258 e. The van der Waals surface area contributed by atoms with Gasteiger partial charge in [-0.2, -0.15) is 0 Å². The van der Waals surface area contributed by atoms with E-state index in [1.54, 1.807) is 30.0 Å². The van der Waals surface area contributed by atoms with Gasteiger partial charge < -0.3 is 19.8 Å². The molecule has 0 unspecified atom stereocenters. The molecule has 5 nitrogen and oxygen atoms in total. The van der Waals surface area contributed by atoms with Crippen LogP contribution in [0.2, 0.25) is 0 Å². The molecule has 0 aliphatic rings. The van der Waals surface area contributed by atoms with E-state index in [0.717, 1.165) is 28.1 Å². The molecule has 0 saturated heterocycles. The zero-order valence-corrected chi connectivity index (χ0v) is 13.8. The Hall–Kier alpha value is -2.95. The predicted molar refractivity (Wildman–Crippen MR) is 95.8 cm³/mol. The van der Waals surface area contributed by atoms with Gasteiger partial charge in [-0.05, 0) is 60.3 Å². The number of benzene rings is 2. The maximum atomic E-state index is 12.5. The molecule has 2 N–H and O–H groups in total. The maximum absolute atomic E-state index is 12.5. The van der Waals surface area contributed by atoms with Crippen molar-refractivity contribution in [1.29, 1.82) is 0 Å². The molecule has 0 aliphatic heterocycles. The van der Waals surface area contributed by atoms with Crippen LogP contribution in [0.5, 0.6) is 11.5 Å². The van der Waals surface area contributed by atoms with Crippen LogP contribution in [-0.2, 0) is 6.54 Å². The van der Waals surface area contributed by atoms with Gasteiger partial charge in [0, 0.05) is 17.3 Å². The van der Waals surface area contributed by atoms with Crippen LogP contribution in [0, 0.1) is 6.92 Å². The van der Waals surface area contributed by atoms with Crippen molar-refractivity contribution < 1.29 is 9.47 Å². The molecule has 0 spiro atoms. The number of hydrogen-bond donors (Lipinski definition) is 1. The Balaban J connectivity index is 1.74. The third kappa shape index (κ3) is 3.20. The second-order valence-corrected chi connectivity index (χ2v) is 5.63. The van der Waals surface area contributed by atoms with Crippen LogP contribution >= 0.6 is 0 Å². The van der Waals surface area contributed by atoms with E-state index < -0.39 is 0 Å². The zero-order chi connectivity index (χ0) is 17.1. The van der Waals surface area contributed by atoms with E-state index in [-0.39, 0.29) is 5.56 Å². The molecule has 1 heterocycles. The summed E-state index contributed by atoms with van der Waals surface area (Å²) >= 11 is 0. The fourth-order valence-corrected chi connectivity index (χ4v) is 2.57. The Morgan fingerprint density at radius 2 is 1.88 bits per heavy atom. The fraction of sp³-hybridized carbons (Fsp3) is 0.211. The highest BCUT2D eigenvalue weighted by molar-refractivity contribution is 5.82. The van der Waals surface area contributed by atoms with Gasteiger partial charge in [0.25, 0.3) is 5.56 Å². The molecule has 3 aromatic rings. The second kappa shape index (κ2) is 6.66. The van der Waals surface area contributed by atoms with Crippen molar-refractivity contribution in [3.63, 3.8) is 0 Å². The lowest BCUT2D eigenvalue weighted by Crippen LogP contribution is -2.22. The summed E-state index contributed by atoms with van der Waals surface area (Å²) in [4.78, 5) is 12.5. The van der Waals surface area contributed by atoms with Crippen LogP contribution in [0.3, 0.4) is 0 Å². The Morgan fingerprint density at radius 1 is 1.08 bits per heavy atom. The first kappa shape index (κ1) is 15.9. The number of nitrogens with zero attached hydrogens (tertiary/aromatic N) is 1. The van der Waals surface area contributed by atoms with Gasteiger partial charge >= 0.3 is 0 Å². The third-order valence-corrected chi connectivity index (χ3v) is 4.03. The van der Waals surface area contributed by atoms with Gasteiger partial charge in [-0.25, -0.2) is 0 Å². The number of methoxy groups -OCH3 is 1. The average Bonchev–Trinajstić information content (AvgIpc) is 2.59. The molecule has 0 amide bonds. The molecule has 0 radical (unpaired) electrons. The lowest BCUT2D eigenvalue weighted by molar-refractivity contribution is 0.296. The van der Waals surface area contributed by atoms with Crippen molar-refractivity contribution in [3.05, 3.63) is 64.6 Å². The Morgan fingerprint density at radius 3 is 2.62 bits per heavy atom. The summed E-state index contributed by atoms with van der Waals surface area (Å²) in [6, 6.07) is 12.9. The van der Waals surface area contributed by atoms with E-state index in [1.165, 1.54) is 0 Å². The standard InChI is InChI=1S/C19H20N2O3/c1-13-11-16(4-6-18(13)20)24-10-9-21-8-7-14-12-15(23-2)3-5-17(14)19(21)22/h3-8,11-12H,9-10,20H2,1-2H3. The zero-order valence-electron chi connectivity index (χ0n) is 13.8. The van der Waals surface area contributed by atoms with Gasteiger partial charge in [0.2, 0.25) is 0 Å². The lowest BCUT2D eigenvalue weighted by Gasteiger charge is -2.11. The first-order valence-electron chi connectivity index (χ1n) is 7.74. The highest BCUT2D eigenvalue weighted by atomic mass is 16.5. The van der Waals surface area contributed by atoms with E-state index in [1.807, 2.05) is 37.3 Å². The summed E-state index contributed by atoms with van der Waals surface area (Å²) in [5, 5.41) is 1.53. The molecule has 24 heavy (non-hydrogen) atoms. The summed E-state index contributed by atoms with van der Waals surface area (Å²) in [5.41, 5.74) is 7.47. The minimum atomic E-state index is -0.0350. The highest BCUT2D eigenvalue weighted by Gasteiger charge is 2.05. The monoisotopic (exact) mass is 324 g/mol. The van der Waals surface area contributed by atoms with Crippen molar-refractivity contribution in [3.8, 4) is 11.5 Å². The number of rotatable bonds is 5. The van der Waals surface area contributed by atoms with Crippen molar-refractivity contribution in [2.24, 2.45) is 0 Å². The van der Waals surface area contributed by atoms with Gasteiger partial charge in [0.05, 0.1) is 13.7 Å².